The normalized spacial score (nSPS) is 17.7. The first-order chi connectivity index (χ1) is 10.2. The molecule has 1 heterocycles. The Morgan fingerprint density at radius 3 is 2.48 bits per heavy atom. The third-order valence-corrected chi connectivity index (χ3v) is 3.99. The van der Waals surface area contributed by atoms with E-state index in [1.165, 1.54) is 5.56 Å². The van der Waals surface area contributed by atoms with Gasteiger partial charge in [0.25, 0.3) is 0 Å². The Balaban J connectivity index is 1.72. The zero-order valence-electron chi connectivity index (χ0n) is 13.1. The Morgan fingerprint density at radius 2 is 1.86 bits per heavy atom. The highest BCUT2D eigenvalue weighted by Crippen LogP contribution is 2.11. The quantitative estimate of drug-likeness (QED) is 0.799. The van der Waals surface area contributed by atoms with Crippen LogP contribution in [-0.2, 0) is 16.0 Å². The highest BCUT2D eigenvalue weighted by molar-refractivity contribution is 5.77. The standard InChI is InChI=1S/C17H26N2O2/c1-15(12-16-6-4-3-5-7-16)13-18-8-10-19(11-9-18)17(20)14-21-2/h3-7,15H,8-14H2,1-2H3. The Bertz CT molecular complexity index is 428. The van der Waals surface area contributed by atoms with Gasteiger partial charge in [-0.3, -0.25) is 9.69 Å². The van der Waals surface area contributed by atoms with Crippen LogP contribution in [0.15, 0.2) is 30.3 Å². The summed E-state index contributed by atoms with van der Waals surface area (Å²) in [4.78, 5) is 16.1. The fraction of sp³-hybridized carbons (Fsp3) is 0.588. The highest BCUT2D eigenvalue weighted by Gasteiger charge is 2.21. The van der Waals surface area contributed by atoms with Crippen molar-refractivity contribution < 1.29 is 9.53 Å². The Hall–Kier alpha value is -1.39. The molecule has 4 heteroatoms. The summed E-state index contributed by atoms with van der Waals surface area (Å²) >= 11 is 0. The van der Waals surface area contributed by atoms with E-state index in [2.05, 4.69) is 42.2 Å². The maximum atomic E-state index is 11.8. The van der Waals surface area contributed by atoms with Crippen LogP contribution >= 0.6 is 0 Å². The second-order valence-corrected chi connectivity index (χ2v) is 5.91. The maximum absolute atomic E-state index is 11.8. The molecule has 0 aliphatic carbocycles. The minimum Gasteiger partial charge on any atom is -0.375 e. The average Bonchev–Trinajstić information content (AvgIpc) is 2.49. The van der Waals surface area contributed by atoms with Crippen LogP contribution in [0.25, 0.3) is 0 Å². The van der Waals surface area contributed by atoms with Crippen LogP contribution in [0.4, 0.5) is 0 Å². The summed E-state index contributed by atoms with van der Waals surface area (Å²) in [5.41, 5.74) is 1.40. The summed E-state index contributed by atoms with van der Waals surface area (Å²) in [5, 5.41) is 0. The van der Waals surface area contributed by atoms with E-state index in [0.717, 1.165) is 39.1 Å². The fourth-order valence-electron chi connectivity index (χ4n) is 2.92. The number of piperazine rings is 1. The minimum atomic E-state index is 0.106. The lowest BCUT2D eigenvalue weighted by atomic mass is 10.0. The van der Waals surface area contributed by atoms with E-state index >= 15 is 0 Å². The van der Waals surface area contributed by atoms with Crippen LogP contribution in [0.5, 0.6) is 0 Å². The Labute approximate surface area is 127 Å². The number of methoxy groups -OCH3 is 1. The predicted molar refractivity (Wildman–Crippen MR) is 84.2 cm³/mol. The van der Waals surface area contributed by atoms with E-state index in [-0.39, 0.29) is 12.5 Å². The van der Waals surface area contributed by atoms with Crippen molar-refractivity contribution in [3.8, 4) is 0 Å². The molecule has 21 heavy (non-hydrogen) atoms. The number of hydrogen-bond acceptors (Lipinski definition) is 3. The van der Waals surface area contributed by atoms with Crippen molar-refractivity contribution in [3.05, 3.63) is 35.9 Å². The van der Waals surface area contributed by atoms with Gasteiger partial charge in [-0.05, 0) is 17.9 Å². The zero-order valence-corrected chi connectivity index (χ0v) is 13.1. The van der Waals surface area contributed by atoms with Gasteiger partial charge in [-0.2, -0.15) is 0 Å². The minimum absolute atomic E-state index is 0.106. The Morgan fingerprint density at radius 1 is 1.19 bits per heavy atom. The number of benzene rings is 1. The largest absolute Gasteiger partial charge is 0.375 e. The number of amides is 1. The van der Waals surface area contributed by atoms with Crippen molar-refractivity contribution in [3.63, 3.8) is 0 Å². The second kappa shape index (κ2) is 8.15. The van der Waals surface area contributed by atoms with Gasteiger partial charge in [0, 0.05) is 39.8 Å². The van der Waals surface area contributed by atoms with Gasteiger partial charge in [0.15, 0.2) is 0 Å². The van der Waals surface area contributed by atoms with E-state index in [1.807, 2.05) is 4.90 Å². The molecular weight excluding hydrogens is 264 g/mol. The molecule has 1 aliphatic heterocycles. The first kappa shape index (κ1) is 16.0. The van der Waals surface area contributed by atoms with Crippen molar-refractivity contribution in [1.82, 2.24) is 9.80 Å². The van der Waals surface area contributed by atoms with Crippen LogP contribution in [0, 0.1) is 5.92 Å². The summed E-state index contributed by atoms with van der Waals surface area (Å²) in [7, 11) is 1.57. The lowest BCUT2D eigenvalue weighted by molar-refractivity contribution is -0.136. The highest BCUT2D eigenvalue weighted by atomic mass is 16.5. The third-order valence-electron chi connectivity index (χ3n) is 3.99. The summed E-state index contributed by atoms with van der Waals surface area (Å²) in [5.74, 6) is 0.739. The molecule has 1 aromatic rings. The molecule has 1 aromatic carbocycles. The number of ether oxygens (including phenoxy) is 1. The molecule has 1 aliphatic rings. The van der Waals surface area contributed by atoms with Crippen molar-refractivity contribution in [1.29, 1.82) is 0 Å². The van der Waals surface area contributed by atoms with Gasteiger partial charge in [-0.25, -0.2) is 0 Å². The molecule has 0 spiro atoms. The molecule has 2 rings (SSSR count). The van der Waals surface area contributed by atoms with Crippen molar-refractivity contribution in [2.24, 2.45) is 5.92 Å². The van der Waals surface area contributed by atoms with Gasteiger partial charge < -0.3 is 9.64 Å². The van der Waals surface area contributed by atoms with Crippen LogP contribution in [0.3, 0.4) is 0 Å². The van der Waals surface area contributed by atoms with Crippen LogP contribution in [0.1, 0.15) is 12.5 Å². The van der Waals surface area contributed by atoms with Gasteiger partial charge in [0.2, 0.25) is 5.91 Å². The van der Waals surface area contributed by atoms with Crippen molar-refractivity contribution in [2.75, 3.05) is 46.4 Å². The van der Waals surface area contributed by atoms with Crippen LogP contribution in [0.2, 0.25) is 0 Å². The molecule has 1 atom stereocenters. The molecule has 0 N–H and O–H groups in total. The maximum Gasteiger partial charge on any atom is 0.248 e. The van der Waals surface area contributed by atoms with Gasteiger partial charge in [-0.15, -0.1) is 0 Å². The van der Waals surface area contributed by atoms with E-state index in [1.54, 1.807) is 7.11 Å². The third kappa shape index (κ3) is 5.14. The first-order valence-electron chi connectivity index (χ1n) is 7.72. The average molecular weight is 290 g/mol. The zero-order chi connectivity index (χ0) is 15.1. The van der Waals surface area contributed by atoms with Crippen molar-refractivity contribution >= 4 is 5.91 Å². The molecule has 0 aromatic heterocycles. The monoisotopic (exact) mass is 290 g/mol. The first-order valence-corrected chi connectivity index (χ1v) is 7.72. The SMILES string of the molecule is COCC(=O)N1CCN(CC(C)Cc2ccccc2)CC1. The van der Waals surface area contributed by atoms with Crippen LogP contribution in [-0.4, -0.2) is 62.1 Å². The predicted octanol–water partition coefficient (Wildman–Crippen LogP) is 1.66. The summed E-state index contributed by atoms with van der Waals surface area (Å²) in [6.45, 7) is 7.17. The molecule has 116 valence electrons. The number of hydrogen-bond donors (Lipinski definition) is 0. The molecule has 0 bridgehead atoms. The van der Waals surface area contributed by atoms with Gasteiger partial charge in [0.1, 0.15) is 6.61 Å². The van der Waals surface area contributed by atoms with Gasteiger partial charge >= 0.3 is 0 Å². The van der Waals surface area contributed by atoms with E-state index < -0.39 is 0 Å². The fourth-order valence-corrected chi connectivity index (χ4v) is 2.92. The van der Waals surface area contributed by atoms with Crippen molar-refractivity contribution in [2.45, 2.75) is 13.3 Å². The second-order valence-electron chi connectivity index (χ2n) is 5.91. The van der Waals surface area contributed by atoms with Crippen LogP contribution < -0.4 is 0 Å². The lowest BCUT2D eigenvalue weighted by Crippen LogP contribution is -2.50. The molecule has 0 saturated carbocycles. The molecule has 1 saturated heterocycles. The number of rotatable bonds is 6. The molecule has 4 nitrogen and oxygen atoms in total. The molecule has 1 fully saturated rings. The summed E-state index contributed by atoms with van der Waals surface area (Å²) < 4.78 is 4.91. The molecule has 1 unspecified atom stereocenters. The smallest absolute Gasteiger partial charge is 0.248 e. The molecule has 0 radical (unpaired) electrons. The lowest BCUT2D eigenvalue weighted by Gasteiger charge is -2.35. The van der Waals surface area contributed by atoms with Gasteiger partial charge in [-0.1, -0.05) is 37.3 Å². The van der Waals surface area contributed by atoms with E-state index in [0.29, 0.717) is 5.92 Å². The number of nitrogens with zero attached hydrogens (tertiary/aromatic N) is 2. The summed E-state index contributed by atoms with van der Waals surface area (Å²) in [6, 6.07) is 10.6. The molecule has 1 amide bonds. The topological polar surface area (TPSA) is 32.8 Å². The van der Waals surface area contributed by atoms with E-state index in [9.17, 15) is 4.79 Å². The summed E-state index contributed by atoms with van der Waals surface area (Å²) in [6.07, 6.45) is 1.11. The number of carbonyl (C=O) groups is 1. The Kier molecular flexibility index (Phi) is 6.21. The van der Waals surface area contributed by atoms with Gasteiger partial charge in [0.05, 0.1) is 0 Å². The molecular formula is C17H26N2O2. The number of carbonyl (C=O) groups excluding carboxylic acids is 1. The van der Waals surface area contributed by atoms with E-state index in [4.69, 9.17) is 4.74 Å².